The van der Waals surface area contributed by atoms with Crippen molar-refractivity contribution in [3.63, 3.8) is 0 Å². The summed E-state index contributed by atoms with van der Waals surface area (Å²) in [5.74, 6) is 4.48. The number of carbonyl (C=O) groups excluding carboxylic acids is 1. The molecule has 0 spiro atoms. The highest BCUT2D eigenvalue weighted by Gasteiger charge is 2.31. The molecule has 32 heavy (non-hydrogen) atoms. The quantitative estimate of drug-likeness (QED) is 0.572. The number of ether oxygens (including phenoxy) is 1. The van der Waals surface area contributed by atoms with Crippen LogP contribution >= 0.6 is 11.3 Å². The van der Waals surface area contributed by atoms with Crippen molar-refractivity contribution in [3.8, 4) is 28.8 Å². The zero-order chi connectivity index (χ0) is 23.2. The average molecular weight is 457 g/mol. The van der Waals surface area contributed by atoms with Crippen molar-refractivity contribution < 1.29 is 23.6 Å². The fourth-order valence-electron chi connectivity index (χ4n) is 3.18. The first-order valence-corrected chi connectivity index (χ1v) is 10.4. The highest BCUT2D eigenvalue weighted by Crippen LogP contribution is 2.43. The Labute approximate surface area is 187 Å². The van der Waals surface area contributed by atoms with E-state index in [2.05, 4.69) is 27.0 Å². The van der Waals surface area contributed by atoms with Crippen molar-refractivity contribution in [2.75, 3.05) is 20.7 Å². The van der Waals surface area contributed by atoms with Gasteiger partial charge in [-0.1, -0.05) is 17.0 Å². The van der Waals surface area contributed by atoms with E-state index in [-0.39, 0.29) is 40.7 Å². The lowest BCUT2D eigenvalue weighted by Gasteiger charge is -2.21. The summed E-state index contributed by atoms with van der Waals surface area (Å²) < 4.78 is 25.6. The normalized spacial score (nSPS) is 16.8. The van der Waals surface area contributed by atoms with Crippen LogP contribution < -0.4 is 10.5 Å². The summed E-state index contributed by atoms with van der Waals surface area (Å²) in [6.07, 6.45) is 0. The number of benzene rings is 1. The lowest BCUT2D eigenvalue weighted by molar-refractivity contribution is 0.0999. The number of halogens is 1. The molecule has 3 aromatic rings. The first-order chi connectivity index (χ1) is 15.1. The molecule has 1 aliphatic heterocycles. The number of carbonyl (C=O) groups is 1. The van der Waals surface area contributed by atoms with Crippen LogP contribution in [0.1, 0.15) is 44.9 Å². The van der Waals surface area contributed by atoms with E-state index in [0.29, 0.717) is 11.3 Å². The Kier molecular flexibility index (Phi) is 5.46. The zero-order valence-corrected chi connectivity index (χ0v) is 18.6. The van der Waals surface area contributed by atoms with Crippen LogP contribution in [-0.4, -0.2) is 51.7 Å². The minimum Gasteiger partial charge on any atom is -0.491 e. The number of fused-ring (bicyclic) bond motifs is 3. The SMILES string of the molecule is Cc1nc([C@](C)(O)C#Cc2cc3c(cc2F)OC[C@@H](N(C)C)c2sc(C(N)=O)nc2-3)no1. The van der Waals surface area contributed by atoms with Crippen LogP contribution in [-0.2, 0) is 5.60 Å². The Hall–Kier alpha value is -3.33. The van der Waals surface area contributed by atoms with Crippen LogP contribution in [0.4, 0.5) is 4.39 Å². The molecule has 3 N–H and O–H groups in total. The predicted molar refractivity (Wildman–Crippen MR) is 113 cm³/mol. The molecule has 2 atom stereocenters. The summed E-state index contributed by atoms with van der Waals surface area (Å²) in [5.41, 5.74) is 4.67. The molecular weight excluding hydrogens is 437 g/mol. The maximum Gasteiger partial charge on any atom is 0.277 e. The monoisotopic (exact) mass is 457 g/mol. The highest BCUT2D eigenvalue weighted by atomic mass is 32.1. The standard InChI is InChI=1S/C21H20FN5O4S/c1-10-24-20(26-31-10)21(2,29)6-5-11-7-12-15(8-13(11)22)30-9-14(27(3)4)17-16(12)25-19(32-17)18(23)28/h7-8,14,29H,9H2,1-4H3,(H2,23,28)/t14-,21-/m1/s1. The number of amides is 1. The molecular formula is C21H20FN5O4S. The Morgan fingerprint density at radius 3 is 2.78 bits per heavy atom. The summed E-state index contributed by atoms with van der Waals surface area (Å²) in [6.45, 7) is 3.21. The Bertz CT molecular complexity index is 1270. The van der Waals surface area contributed by atoms with Crippen molar-refractivity contribution in [2.45, 2.75) is 25.5 Å². The number of thiazole rings is 1. The van der Waals surface area contributed by atoms with E-state index in [1.165, 1.54) is 30.4 Å². The van der Waals surface area contributed by atoms with E-state index in [4.69, 9.17) is 15.0 Å². The second-order valence-corrected chi connectivity index (χ2v) is 8.70. The lowest BCUT2D eigenvalue weighted by Crippen LogP contribution is -2.24. The number of rotatable bonds is 3. The molecule has 4 rings (SSSR count). The maximum absolute atomic E-state index is 14.8. The molecule has 1 aliphatic rings. The highest BCUT2D eigenvalue weighted by molar-refractivity contribution is 7.14. The van der Waals surface area contributed by atoms with Crippen molar-refractivity contribution in [1.29, 1.82) is 0 Å². The molecule has 0 aliphatic carbocycles. The van der Waals surface area contributed by atoms with Crippen molar-refractivity contribution in [3.05, 3.63) is 45.1 Å². The van der Waals surface area contributed by atoms with E-state index >= 15 is 0 Å². The van der Waals surface area contributed by atoms with Crippen molar-refractivity contribution in [1.82, 2.24) is 20.0 Å². The molecule has 11 heteroatoms. The molecule has 0 radical (unpaired) electrons. The number of hydrogen-bond donors (Lipinski definition) is 2. The fraction of sp³-hybridized carbons (Fsp3) is 0.333. The van der Waals surface area contributed by atoms with Gasteiger partial charge >= 0.3 is 0 Å². The number of likely N-dealkylation sites (N-methyl/N-ethyl adjacent to an activating group) is 1. The van der Waals surface area contributed by atoms with Gasteiger partial charge in [-0.2, -0.15) is 4.98 Å². The van der Waals surface area contributed by atoms with E-state index in [1.807, 2.05) is 19.0 Å². The average Bonchev–Trinajstić information content (AvgIpc) is 3.32. The van der Waals surface area contributed by atoms with Crippen LogP contribution in [0.25, 0.3) is 11.3 Å². The van der Waals surface area contributed by atoms with Gasteiger partial charge in [0.05, 0.1) is 22.2 Å². The number of aromatic nitrogens is 3. The van der Waals surface area contributed by atoms with Crippen molar-refractivity contribution >= 4 is 17.2 Å². The number of nitrogens with two attached hydrogens (primary N) is 1. The molecule has 1 aromatic carbocycles. The van der Waals surface area contributed by atoms with Gasteiger partial charge < -0.3 is 20.1 Å². The second kappa shape index (κ2) is 7.98. The fourth-order valence-corrected chi connectivity index (χ4v) is 4.29. The van der Waals surface area contributed by atoms with E-state index in [9.17, 15) is 14.3 Å². The zero-order valence-electron chi connectivity index (χ0n) is 17.8. The Morgan fingerprint density at radius 2 is 2.16 bits per heavy atom. The molecule has 0 saturated carbocycles. The first kappa shape index (κ1) is 21.9. The smallest absolute Gasteiger partial charge is 0.277 e. The van der Waals surface area contributed by atoms with Crippen molar-refractivity contribution in [2.24, 2.45) is 5.73 Å². The summed E-state index contributed by atoms with van der Waals surface area (Å²) in [5, 5.41) is 14.4. The third-order valence-corrected chi connectivity index (χ3v) is 6.09. The van der Waals surface area contributed by atoms with E-state index in [0.717, 1.165) is 4.88 Å². The first-order valence-electron chi connectivity index (χ1n) is 9.57. The number of hydrogen-bond acceptors (Lipinski definition) is 9. The van der Waals surface area contributed by atoms with Gasteiger partial charge in [-0.15, -0.1) is 11.3 Å². The maximum atomic E-state index is 14.8. The topological polar surface area (TPSA) is 128 Å². The summed E-state index contributed by atoms with van der Waals surface area (Å²) in [4.78, 5) is 22.8. The van der Waals surface area contributed by atoms with Crippen LogP contribution in [0.3, 0.4) is 0 Å². The molecule has 0 bridgehead atoms. The third-order valence-electron chi connectivity index (χ3n) is 4.91. The van der Waals surface area contributed by atoms with Gasteiger partial charge in [0.15, 0.2) is 10.6 Å². The molecule has 3 heterocycles. The van der Waals surface area contributed by atoms with Gasteiger partial charge in [-0.05, 0) is 27.1 Å². The number of aliphatic hydroxyl groups is 1. The molecule has 1 amide bonds. The second-order valence-electron chi connectivity index (χ2n) is 7.67. The largest absolute Gasteiger partial charge is 0.491 e. The number of primary amides is 1. The predicted octanol–water partition coefficient (Wildman–Crippen LogP) is 1.99. The van der Waals surface area contributed by atoms with Crippen LogP contribution in [0.5, 0.6) is 5.75 Å². The van der Waals surface area contributed by atoms with E-state index in [1.54, 1.807) is 6.92 Å². The van der Waals surface area contributed by atoms with Gasteiger partial charge in [0.2, 0.25) is 11.7 Å². The molecule has 0 fully saturated rings. The third kappa shape index (κ3) is 3.95. The summed E-state index contributed by atoms with van der Waals surface area (Å²) in [6, 6.07) is 2.50. The van der Waals surface area contributed by atoms with Gasteiger partial charge in [-0.25, -0.2) is 9.37 Å². The van der Waals surface area contributed by atoms with Gasteiger partial charge in [-0.3, -0.25) is 9.69 Å². The minimum absolute atomic E-state index is 0.00993. The van der Waals surface area contributed by atoms with Crippen LogP contribution in [0.15, 0.2) is 16.7 Å². The number of nitrogens with zero attached hydrogens (tertiary/aromatic N) is 4. The molecule has 9 nitrogen and oxygen atoms in total. The molecule has 0 unspecified atom stereocenters. The minimum atomic E-state index is -1.76. The van der Waals surface area contributed by atoms with Gasteiger partial charge in [0.1, 0.15) is 18.2 Å². The molecule has 2 aromatic heterocycles. The Morgan fingerprint density at radius 1 is 1.41 bits per heavy atom. The molecule has 0 saturated heterocycles. The summed E-state index contributed by atoms with van der Waals surface area (Å²) in [7, 11) is 3.74. The van der Waals surface area contributed by atoms with E-state index < -0.39 is 17.3 Å². The number of aryl methyl sites for hydroxylation is 1. The molecule has 166 valence electrons. The van der Waals surface area contributed by atoms with Crippen LogP contribution in [0, 0.1) is 24.6 Å². The van der Waals surface area contributed by atoms with Gasteiger partial charge in [0, 0.05) is 18.6 Å². The Balaban J connectivity index is 1.82. The van der Waals surface area contributed by atoms with Crippen LogP contribution in [0.2, 0.25) is 0 Å². The lowest BCUT2D eigenvalue weighted by atomic mass is 10.0. The summed E-state index contributed by atoms with van der Waals surface area (Å²) >= 11 is 1.18. The van der Waals surface area contributed by atoms with Gasteiger partial charge in [0.25, 0.3) is 5.91 Å².